The highest BCUT2D eigenvalue weighted by molar-refractivity contribution is 5.91. The summed E-state index contributed by atoms with van der Waals surface area (Å²) in [6.45, 7) is 4.06. The standard InChI is InChI=1S/C16H21FN4O2/c1-10-18-5-11-6-21(13-3-4-23-7-12(13)17)15(22)16(14(11)19-10)8-20(2)9-16/h5,12-13H,3-4,6-9H2,1-2H3/t12-,13-/m1/s1. The van der Waals surface area contributed by atoms with Crippen LogP contribution in [0.2, 0.25) is 0 Å². The normalized spacial score (nSPS) is 30.2. The number of ether oxygens (including phenoxy) is 1. The van der Waals surface area contributed by atoms with E-state index in [9.17, 15) is 9.18 Å². The minimum atomic E-state index is -1.13. The van der Waals surface area contributed by atoms with Gasteiger partial charge in [-0.2, -0.15) is 0 Å². The van der Waals surface area contributed by atoms with E-state index < -0.39 is 17.6 Å². The second kappa shape index (κ2) is 5.21. The SMILES string of the molecule is Cc1ncc2c(n1)C1(CN(C)C1)C(=O)N([C@@H]1CCOC[C@H]1F)C2. The van der Waals surface area contributed by atoms with Gasteiger partial charge in [0.25, 0.3) is 0 Å². The maximum atomic E-state index is 14.3. The maximum Gasteiger partial charge on any atom is 0.238 e. The summed E-state index contributed by atoms with van der Waals surface area (Å²) in [5.41, 5.74) is 1.16. The van der Waals surface area contributed by atoms with E-state index in [1.54, 1.807) is 11.1 Å². The summed E-state index contributed by atoms with van der Waals surface area (Å²) in [7, 11) is 1.98. The summed E-state index contributed by atoms with van der Waals surface area (Å²) in [6.07, 6.45) is 1.21. The molecule has 0 aromatic carbocycles. The van der Waals surface area contributed by atoms with E-state index in [-0.39, 0.29) is 12.5 Å². The second-order valence-corrected chi connectivity index (χ2v) is 6.93. The molecular weight excluding hydrogens is 299 g/mol. The molecule has 4 rings (SSSR count). The van der Waals surface area contributed by atoms with Crippen molar-refractivity contribution in [2.45, 2.75) is 37.5 Å². The Balaban J connectivity index is 1.75. The monoisotopic (exact) mass is 320 g/mol. The largest absolute Gasteiger partial charge is 0.378 e. The van der Waals surface area contributed by atoms with Gasteiger partial charge in [0, 0.05) is 38.0 Å². The number of aryl methyl sites for hydroxylation is 1. The van der Waals surface area contributed by atoms with Crippen LogP contribution < -0.4 is 0 Å². The number of amides is 1. The van der Waals surface area contributed by atoms with E-state index in [0.717, 1.165) is 11.3 Å². The molecule has 7 heteroatoms. The van der Waals surface area contributed by atoms with Gasteiger partial charge in [-0.3, -0.25) is 4.79 Å². The number of alkyl halides is 1. The van der Waals surface area contributed by atoms with E-state index in [1.165, 1.54) is 0 Å². The lowest BCUT2D eigenvalue weighted by molar-refractivity contribution is -0.154. The Morgan fingerprint density at radius 1 is 1.43 bits per heavy atom. The molecule has 2 fully saturated rings. The number of hydrogen-bond donors (Lipinski definition) is 0. The van der Waals surface area contributed by atoms with E-state index in [0.29, 0.717) is 38.5 Å². The topological polar surface area (TPSA) is 58.6 Å². The number of fused-ring (bicyclic) bond motifs is 2. The molecule has 124 valence electrons. The molecule has 2 saturated heterocycles. The van der Waals surface area contributed by atoms with Gasteiger partial charge in [-0.25, -0.2) is 14.4 Å². The zero-order valence-corrected chi connectivity index (χ0v) is 13.5. The van der Waals surface area contributed by atoms with Crippen LogP contribution in [0.3, 0.4) is 0 Å². The van der Waals surface area contributed by atoms with Crippen molar-refractivity contribution in [3.63, 3.8) is 0 Å². The van der Waals surface area contributed by atoms with E-state index in [4.69, 9.17) is 4.74 Å². The van der Waals surface area contributed by atoms with Crippen LogP contribution in [0.15, 0.2) is 6.20 Å². The van der Waals surface area contributed by atoms with E-state index >= 15 is 0 Å². The predicted octanol–water partition coefficient (Wildman–Crippen LogP) is 0.437. The first-order chi connectivity index (χ1) is 11.0. The lowest BCUT2D eigenvalue weighted by Crippen LogP contribution is -2.69. The third-order valence-corrected chi connectivity index (χ3v) is 5.18. The van der Waals surface area contributed by atoms with Gasteiger partial charge in [0.05, 0.1) is 18.3 Å². The zero-order valence-electron chi connectivity index (χ0n) is 13.5. The number of likely N-dealkylation sites (tertiary alicyclic amines) is 1. The molecule has 0 unspecified atom stereocenters. The number of carbonyl (C=O) groups excluding carboxylic acids is 1. The molecule has 23 heavy (non-hydrogen) atoms. The molecule has 1 aromatic rings. The van der Waals surface area contributed by atoms with Crippen LogP contribution in [-0.2, 0) is 21.5 Å². The van der Waals surface area contributed by atoms with Crippen LogP contribution in [0, 0.1) is 6.92 Å². The number of halogens is 1. The lowest BCUT2D eigenvalue weighted by atomic mass is 9.71. The minimum Gasteiger partial charge on any atom is -0.378 e. The number of nitrogens with zero attached hydrogens (tertiary/aromatic N) is 4. The molecule has 3 aliphatic heterocycles. The summed E-state index contributed by atoms with van der Waals surface area (Å²) in [6, 6.07) is -0.409. The first kappa shape index (κ1) is 15.0. The average molecular weight is 320 g/mol. The molecule has 1 aromatic heterocycles. The molecule has 0 aliphatic carbocycles. The minimum absolute atomic E-state index is 0.00995. The van der Waals surface area contributed by atoms with Gasteiger partial charge >= 0.3 is 0 Å². The molecule has 0 N–H and O–H groups in total. The number of aromatic nitrogens is 2. The van der Waals surface area contributed by atoms with Gasteiger partial charge < -0.3 is 14.5 Å². The van der Waals surface area contributed by atoms with Crippen molar-refractivity contribution in [2.24, 2.45) is 0 Å². The molecule has 2 atom stereocenters. The molecule has 3 aliphatic rings. The second-order valence-electron chi connectivity index (χ2n) is 6.93. The smallest absolute Gasteiger partial charge is 0.238 e. The highest BCUT2D eigenvalue weighted by Crippen LogP contribution is 2.41. The summed E-state index contributed by atoms with van der Waals surface area (Å²) in [5, 5.41) is 0. The van der Waals surface area contributed by atoms with Crippen molar-refractivity contribution in [1.82, 2.24) is 19.8 Å². The van der Waals surface area contributed by atoms with Gasteiger partial charge in [-0.15, -0.1) is 0 Å². The average Bonchev–Trinajstić information content (AvgIpc) is 2.50. The van der Waals surface area contributed by atoms with Crippen molar-refractivity contribution in [1.29, 1.82) is 0 Å². The van der Waals surface area contributed by atoms with Crippen LogP contribution in [-0.4, -0.2) is 71.2 Å². The lowest BCUT2D eigenvalue weighted by Gasteiger charge is -2.53. The summed E-state index contributed by atoms with van der Waals surface area (Å²) in [5.74, 6) is 0.684. The fraction of sp³-hybridized carbons (Fsp3) is 0.688. The van der Waals surface area contributed by atoms with Gasteiger partial charge in [-0.1, -0.05) is 0 Å². The molecule has 4 heterocycles. The van der Waals surface area contributed by atoms with Crippen LogP contribution in [0.4, 0.5) is 4.39 Å². The highest BCUT2D eigenvalue weighted by Gasteiger charge is 2.57. The Labute approximate surface area is 134 Å². The molecule has 1 amide bonds. The quantitative estimate of drug-likeness (QED) is 0.751. The van der Waals surface area contributed by atoms with Gasteiger partial charge in [-0.05, 0) is 20.4 Å². The third-order valence-electron chi connectivity index (χ3n) is 5.18. The fourth-order valence-electron chi connectivity index (χ4n) is 4.13. The van der Waals surface area contributed by atoms with Crippen molar-refractivity contribution >= 4 is 5.91 Å². The molecule has 0 radical (unpaired) electrons. The Kier molecular flexibility index (Phi) is 3.39. The number of rotatable bonds is 1. The van der Waals surface area contributed by atoms with Crippen molar-refractivity contribution in [3.05, 3.63) is 23.3 Å². The Morgan fingerprint density at radius 3 is 2.91 bits per heavy atom. The molecule has 6 nitrogen and oxygen atoms in total. The first-order valence-corrected chi connectivity index (χ1v) is 8.06. The van der Waals surface area contributed by atoms with E-state index in [2.05, 4.69) is 14.9 Å². The van der Waals surface area contributed by atoms with E-state index in [1.807, 2.05) is 14.0 Å². The first-order valence-electron chi connectivity index (χ1n) is 8.06. The predicted molar refractivity (Wildman–Crippen MR) is 80.6 cm³/mol. The molecular formula is C16H21FN4O2. The number of hydrogen-bond acceptors (Lipinski definition) is 5. The third kappa shape index (κ3) is 2.17. The Morgan fingerprint density at radius 2 is 2.22 bits per heavy atom. The summed E-state index contributed by atoms with van der Waals surface area (Å²) >= 11 is 0. The highest BCUT2D eigenvalue weighted by atomic mass is 19.1. The Bertz CT molecular complexity index is 647. The zero-order chi connectivity index (χ0) is 16.2. The van der Waals surface area contributed by atoms with Gasteiger partial charge in [0.2, 0.25) is 5.91 Å². The number of carbonyl (C=O) groups is 1. The van der Waals surface area contributed by atoms with Crippen LogP contribution in [0.5, 0.6) is 0 Å². The van der Waals surface area contributed by atoms with Gasteiger partial charge in [0.1, 0.15) is 17.4 Å². The fourth-order valence-corrected chi connectivity index (χ4v) is 4.13. The van der Waals surface area contributed by atoms with Crippen LogP contribution in [0.1, 0.15) is 23.5 Å². The molecule has 0 bridgehead atoms. The summed E-state index contributed by atoms with van der Waals surface area (Å²) in [4.78, 5) is 25.9. The van der Waals surface area contributed by atoms with Crippen molar-refractivity contribution in [3.8, 4) is 0 Å². The van der Waals surface area contributed by atoms with Crippen molar-refractivity contribution < 1.29 is 13.9 Å². The Hall–Kier alpha value is -1.60. The van der Waals surface area contributed by atoms with Crippen LogP contribution >= 0.6 is 0 Å². The van der Waals surface area contributed by atoms with Crippen molar-refractivity contribution in [2.75, 3.05) is 33.4 Å². The molecule has 0 saturated carbocycles. The number of likely N-dealkylation sites (N-methyl/N-ethyl adjacent to an activating group) is 1. The maximum absolute atomic E-state index is 14.3. The van der Waals surface area contributed by atoms with Crippen LogP contribution in [0.25, 0.3) is 0 Å². The van der Waals surface area contributed by atoms with Gasteiger partial charge in [0.15, 0.2) is 0 Å². The summed E-state index contributed by atoms with van der Waals surface area (Å²) < 4.78 is 19.5. The molecule has 1 spiro atoms.